The van der Waals surface area contributed by atoms with Gasteiger partial charge in [0.15, 0.2) is 0 Å². The van der Waals surface area contributed by atoms with E-state index in [1.807, 2.05) is 24.3 Å². The molecule has 4 N–H and O–H groups in total. The van der Waals surface area contributed by atoms with Gasteiger partial charge in [-0.25, -0.2) is 4.79 Å². The minimum absolute atomic E-state index is 0.106. The molecule has 0 heterocycles. The molecule has 0 aliphatic rings. The smallest absolute Gasteiger partial charge is 0.332 e. The lowest BCUT2D eigenvalue weighted by Crippen LogP contribution is -2.10. The highest BCUT2D eigenvalue weighted by Gasteiger charge is 2.19. The van der Waals surface area contributed by atoms with E-state index >= 15 is 0 Å². The van der Waals surface area contributed by atoms with Crippen molar-refractivity contribution in [1.82, 2.24) is 0 Å². The zero-order valence-corrected chi connectivity index (χ0v) is 12.2. The van der Waals surface area contributed by atoms with E-state index in [1.54, 1.807) is 19.1 Å². The van der Waals surface area contributed by atoms with Crippen LogP contribution in [0.5, 0.6) is 0 Å². The van der Waals surface area contributed by atoms with Gasteiger partial charge >= 0.3 is 11.9 Å². The highest BCUT2D eigenvalue weighted by molar-refractivity contribution is 6.07. The Morgan fingerprint density at radius 3 is 2.27 bits per heavy atom. The van der Waals surface area contributed by atoms with Gasteiger partial charge in [-0.1, -0.05) is 37.3 Å². The van der Waals surface area contributed by atoms with Crippen molar-refractivity contribution in [3.63, 3.8) is 0 Å². The van der Waals surface area contributed by atoms with Gasteiger partial charge in [0.25, 0.3) is 0 Å². The number of benzene rings is 2. The number of anilines is 1. The van der Waals surface area contributed by atoms with E-state index in [4.69, 9.17) is 10.8 Å². The number of fused-ring (bicyclic) bond motifs is 1. The Bertz CT molecular complexity index is 772. The normalized spacial score (nSPS) is 12.0. The maximum absolute atomic E-state index is 11.5. The molecule has 0 aliphatic heterocycles. The minimum Gasteiger partial charge on any atom is -0.481 e. The van der Waals surface area contributed by atoms with Crippen LogP contribution in [0.1, 0.15) is 25.3 Å². The number of carboxylic acids is 2. The van der Waals surface area contributed by atoms with Crippen LogP contribution in [0.2, 0.25) is 0 Å². The van der Waals surface area contributed by atoms with E-state index < -0.39 is 18.4 Å². The van der Waals surface area contributed by atoms with E-state index in [-0.39, 0.29) is 5.57 Å². The van der Waals surface area contributed by atoms with Crippen LogP contribution < -0.4 is 5.73 Å². The Morgan fingerprint density at radius 2 is 1.73 bits per heavy atom. The molecule has 114 valence electrons. The predicted octanol–water partition coefficient (Wildman–Crippen LogP) is 3.14. The zero-order chi connectivity index (χ0) is 16.3. The molecule has 0 unspecified atom stereocenters. The van der Waals surface area contributed by atoms with Gasteiger partial charge in [-0.15, -0.1) is 0 Å². The number of nitrogen functional groups attached to an aromatic ring is 1. The highest BCUT2D eigenvalue weighted by Crippen LogP contribution is 2.33. The number of carbonyl (C=O) groups is 2. The van der Waals surface area contributed by atoms with E-state index in [0.717, 1.165) is 10.8 Å². The van der Waals surface area contributed by atoms with Crippen molar-refractivity contribution >= 4 is 34.0 Å². The minimum atomic E-state index is -1.22. The summed E-state index contributed by atoms with van der Waals surface area (Å²) in [5.41, 5.74) is 7.65. The summed E-state index contributed by atoms with van der Waals surface area (Å²) >= 11 is 0. The Kier molecular flexibility index (Phi) is 4.46. The van der Waals surface area contributed by atoms with Gasteiger partial charge in [0, 0.05) is 11.1 Å². The summed E-state index contributed by atoms with van der Waals surface area (Å²) in [6, 6.07) is 10.9. The van der Waals surface area contributed by atoms with E-state index in [9.17, 15) is 14.7 Å². The summed E-state index contributed by atoms with van der Waals surface area (Å²) < 4.78 is 0. The lowest BCUT2D eigenvalue weighted by atomic mass is 9.91. The molecule has 0 saturated heterocycles. The van der Waals surface area contributed by atoms with Gasteiger partial charge in [-0.3, -0.25) is 4.79 Å². The number of aliphatic carboxylic acids is 2. The average molecular weight is 299 g/mol. The molecule has 0 amide bonds. The highest BCUT2D eigenvalue weighted by atomic mass is 16.4. The van der Waals surface area contributed by atoms with Crippen LogP contribution in [0.15, 0.2) is 42.0 Å². The largest absolute Gasteiger partial charge is 0.481 e. The summed E-state index contributed by atoms with van der Waals surface area (Å²) in [6.07, 6.45) is -0.121. The van der Waals surface area contributed by atoms with Gasteiger partial charge in [-0.2, -0.15) is 0 Å². The Morgan fingerprint density at radius 1 is 1.09 bits per heavy atom. The van der Waals surface area contributed by atoms with Gasteiger partial charge in [-0.05, 0) is 29.0 Å². The van der Waals surface area contributed by atoms with Crippen molar-refractivity contribution in [2.45, 2.75) is 19.8 Å². The maximum atomic E-state index is 11.5. The lowest BCUT2D eigenvalue weighted by molar-refractivity contribution is -0.139. The van der Waals surface area contributed by atoms with Crippen molar-refractivity contribution in [3.8, 4) is 0 Å². The van der Waals surface area contributed by atoms with E-state index in [0.29, 0.717) is 23.2 Å². The fourth-order valence-electron chi connectivity index (χ4n) is 2.65. The molecule has 0 fully saturated rings. The third-order valence-corrected chi connectivity index (χ3v) is 3.57. The number of hydrogen-bond donors (Lipinski definition) is 3. The number of rotatable bonds is 5. The average Bonchev–Trinajstić information content (AvgIpc) is 2.46. The molecule has 0 bridgehead atoms. The molecule has 0 radical (unpaired) electrons. The van der Waals surface area contributed by atoms with Crippen LogP contribution in [-0.2, 0) is 9.59 Å². The number of allylic oxidation sites excluding steroid dienone is 1. The first-order chi connectivity index (χ1) is 10.5. The molecular weight excluding hydrogens is 282 g/mol. The van der Waals surface area contributed by atoms with Crippen molar-refractivity contribution in [2.75, 3.05) is 5.73 Å². The van der Waals surface area contributed by atoms with Crippen molar-refractivity contribution in [3.05, 3.63) is 47.5 Å². The maximum Gasteiger partial charge on any atom is 0.332 e. The van der Waals surface area contributed by atoms with E-state index in [2.05, 4.69) is 0 Å². The van der Waals surface area contributed by atoms with Gasteiger partial charge < -0.3 is 15.9 Å². The quantitative estimate of drug-likeness (QED) is 0.581. The molecule has 0 aliphatic carbocycles. The second kappa shape index (κ2) is 6.30. The number of hydrogen-bond acceptors (Lipinski definition) is 3. The fourth-order valence-corrected chi connectivity index (χ4v) is 2.65. The second-order valence-corrected chi connectivity index (χ2v) is 4.94. The predicted molar refractivity (Wildman–Crippen MR) is 85.5 cm³/mol. The number of nitrogens with two attached hydrogens (primary N) is 1. The Hall–Kier alpha value is -2.82. The first kappa shape index (κ1) is 15.6. The van der Waals surface area contributed by atoms with Crippen molar-refractivity contribution in [2.24, 2.45) is 0 Å². The topological polar surface area (TPSA) is 101 Å². The summed E-state index contributed by atoms with van der Waals surface area (Å²) in [4.78, 5) is 22.5. The third-order valence-electron chi connectivity index (χ3n) is 3.57. The standard InChI is InChI=1S/C17H17NO4/c1-2-11(13(17(21)22)9-15(19)20)12-7-3-5-10-6-4-8-14(18)16(10)12/h3-8H,2,9,18H2,1H3,(H,19,20)(H,21,22). The second-order valence-electron chi connectivity index (χ2n) is 4.94. The molecule has 0 atom stereocenters. The van der Waals surface area contributed by atoms with Crippen molar-refractivity contribution < 1.29 is 19.8 Å². The molecule has 0 spiro atoms. The molecule has 0 aromatic heterocycles. The van der Waals surface area contributed by atoms with Crippen LogP contribution in [0.3, 0.4) is 0 Å². The van der Waals surface area contributed by atoms with Gasteiger partial charge in [0.05, 0.1) is 12.0 Å². The Balaban J connectivity index is 2.80. The fraction of sp³-hybridized carbons (Fsp3) is 0.176. The molecule has 5 nitrogen and oxygen atoms in total. The van der Waals surface area contributed by atoms with Crippen LogP contribution >= 0.6 is 0 Å². The first-order valence-corrected chi connectivity index (χ1v) is 6.90. The molecule has 2 aromatic carbocycles. The zero-order valence-electron chi connectivity index (χ0n) is 12.2. The molecular formula is C17H17NO4. The van der Waals surface area contributed by atoms with Crippen LogP contribution in [-0.4, -0.2) is 22.2 Å². The molecule has 22 heavy (non-hydrogen) atoms. The van der Waals surface area contributed by atoms with Crippen LogP contribution in [0, 0.1) is 0 Å². The van der Waals surface area contributed by atoms with E-state index in [1.165, 1.54) is 0 Å². The summed E-state index contributed by atoms with van der Waals surface area (Å²) in [5.74, 6) is -2.39. The van der Waals surface area contributed by atoms with Gasteiger partial charge in [0.1, 0.15) is 0 Å². The third kappa shape index (κ3) is 2.93. The molecule has 0 saturated carbocycles. The van der Waals surface area contributed by atoms with Crippen molar-refractivity contribution in [1.29, 1.82) is 0 Å². The lowest BCUT2D eigenvalue weighted by Gasteiger charge is -2.14. The first-order valence-electron chi connectivity index (χ1n) is 6.90. The van der Waals surface area contributed by atoms with Crippen LogP contribution in [0.25, 0.3) is 16.3 Å². The molecule has 2 rings (SSSR count). The monoisotopic (exact) mass is 299 g/mol. The SMILES string of the molecule is CCC(=C(CC(=O)O)C(=O)O)c1cccc2cccc(N)c12. The summed E-state index contributed by atoms with van der Waals surface area (Å²) in [5, 5.41) is 20.0. The molecule has 5 heteroatoms. The van der Waals surface area contributed by atoms with Gasteiger partial charge in [0.2, 0.25) is 0 Å². The molecule has 2 aromatic rings. The Labute approximate surface area is 127 Å². The summed E-state index contributed by atoms with van der Waals surface area (Å²) in [6.45, 7) is 1.80. The summed E-state index contributed by atoms with van der Waals surface area (Å²) in [7, 11) is 0. The van der Waals surface area contributed by atoms with Crippen LogP contribution in [0.4, 0.5) is 5.69 Å². The number of carboxylic acid groups (broad SMARTS) is 2.